The first-order valence-electron chi connectivity index (χ1n) is 5.00. The van der Waals surface area contributed by atoms with Gasteiger partial charge in [-0.05, 0) is 24.6 Å². The first-order chi connectivity index (χ1) is 8.15. The predicted molar refractivity (Wildman–Crippen MR) is 64.7 cm³/mol. The summed E-state index contributed by atoms with van der Waals surface area (Å²) in [5.74, 6) is 0.272. The van der Waals surface area contributed by atoms with Crippen LogP contribution in [0.15, 0.2) is 35.0 Å². The van der Waals surface area contributed by atoms with Crippen molar-refractivity contribution in [1.29, 1.82) is 0 Å². The van der Waals surface area contributed by atoms with E-state index in [-0.39, 0.29) is 5.88 Å². The van der Waals surface area contributed by atoms with E-state index >= 15 is 0 Å². The topological polar surface area (TPSA) is 93.2 Å². The van der Waals surface area contributed by atoms with Crippen molar-refractivity contribution in [2.24, 2.45) is 0 Å². The highest BCUT2D eigenvalue weighted by Gasteiger charge is 2.07. The smallest absolute Gasteiger partial charge is 0.326 e. The maximum Gasteiger partial charge on any atom is 0.326 e. The summed E-state index contributed by atoms with van der Waals surface area (Å²) in [5, 5.41) is 8.58. The second-order valence-corrected chi connectivity index (χ2v) is 3.55. The van der Waals surface area contributed by atoms with E-state index < -0.39 is 6.03 Å². The third-order valence-electron chi connectivity index (χ3n) is 2.13. The van der Waals surface area contributed by atoms with Crippen LogP contribution >= 0.6 is 0 Å². The van der Waals surface area contributed by atoms with Gasteiger partial charge in [0, 0.05) is 6.07 Å². The van der Waals surface area contributed by atoms with E-state index in [4.69, 9.17) is 10.3 Å². The van der Waals surface area contributed by atoms with Gasteiger partial charge in [0.2, 0.25) is 5.88 Å². The lowest BCUT2D eigenvalue weighted by Gasteiger charge is -2.08. The van der Waals surface area contributed by atoms with E-state index in [9.17, 15) is 4.79 Å². The molecule has 6 heteroatoms. The second kappa shape index (κ2) is 4.56. The molecule has 0 atom stereocenters. The lowest BCUT2D eigenvalue weighted by molar-refractivity contribution is 0.261. The van der Waals surface area contributed by atoms with Gasteiger partial charge in [0.05, 0.1) is 17.6 Å². The zero-order valence-electron chi connectivity index (χ0n) is 9.23. The standard InChI is InChI=1S/C11H12N4O2/c1-7-2-3-8(12)9(6-7)14-11(16)15-10-4-5-13-17-10/h2-6H,12H2,1H3,(H2,14,15,16). The Balaban J connectivity index is 2.05. The number of nitrogens with zero attached hydrogens (tertiary/aromatic N) is 1. The fourth-order valence-electron chi connectivity index (χ4n) is 1.32. The van der Waals surface area contributed by atoms with Crippen LogP contribution in [0, 0.1) is 6.92 Å². The number of nitrogens with one attached hydrogen (secondary N) is 2. The van der Waals surface area contributed by atoms with Crippen molar-refractivity contribution >= 4 is 23.3 Å². The van der Waals surface area contributed by atoms with Crippen molar-refractivity contribution in [1.82, 2.24) is 5.16 Å². The lowest BCUT2D eigenvalue weighted by atomic mass is 10.2. The molecular weight excluding hydrogens is 220 g/mol. The van der Waals surface area contributed by atoms with Crippen molar-refractivity contribution in [3.05, 3.63) is 36.0 Å². The minimum Gasteiger partial charge on any atom is -0.397 e. The number of hydrogen-bond acceptors (Lipinski definition) is 4. The summed E-state index contributed by atoms with van der Waals surface area (Å²) in [6, 6.07) is 6.50. The number of aryl methyl sites for hydroxylation is 1. The molecule has 17 heavy (non-hydrogen) atoms. The fourth-order valence-corrected chi connectivity index (χ4v) is 1.32. The molecule has 0 aliphatic rings. The number of carbonyl (C=O) groups excluding carboxylic acids is 1. The van der Waals surface area contributed by atoms with Gasteiger partial charge in [0.1, 0.15) is 0 Å². The number of carbonyl (C=O) groups is 1. The number of nitrogens with two attached hydrogens (primary N) is 1. The van der Waals surface area contributed by atoms with Crippen LogP contribution in [0.3, 0.4) is 0 Å². The van der Waals surface area contributed by atoms with Crippen molar-refractivity contribution in [3.8, 4) is 0 Å². The van der Waals surface area contributed by atoms with E-state index in [0.717, 1.165) is 5.56 Å². The number of rotatable bonds is 2. The molecule has 6 nitrogen and oxygen atoms in total. The minimum atomic E-state index is -0.431. The Labute approximate surface area is 97.8 Å². The molecule has 88 valence electrons. The van der Waals surface area contributed by atoms with Gasteiger partial charge < -0.3 is 15.6 Å². The molecule has 4 N–H and O–H groups in total. The van der Waals surface area contributed by atoms with Crippen LogP contribution in [-0.4, -0.2) is 11.2 Å². The number of hydrogen-bond donors (Lipinski definition) is 3. The number of benzene rings is 1. The molecule has 1 heterocycles. The molecule has 2 aromatic rings. The number of aromatic nitrogens is 1. The number of amides is 2. The Hall–Kier alpha value is -2.50. The molecule has 1 aromatic heterocycles. The van der Waals surface area contributed by atoms with Crippen LogP contribution in [0.5, 0.6) is 0 Å². The quantitative estimate of drug-likeness (QED) is 0.692. The van der Waals surface area contributed by atoms with E-state index in [1.165, 1.54) is 6.20 Å². The third-order valence-corrected chi connectivity index (χ3v) is 2.13. The summed E-state index contributed by atoms with van der Waals surface area (Å²) in [6.45, 7) is 1.92. The molecule has 0 spiro atoms. The van der Waals surface area contributed by atoms with Crippen LogP contribution in [-0.2, 0) is 0 Å². The molecule has 0 saturated heterocycles. The highest BCUT2D eigenvalue weighted by atomic mass is 16.5. The van der Waals surface area contributed by atoms with Gasteiger partial charge in [0.25, 0.3) is 0 Å². The van der Waals surface area contributed by atoms with Crippen molar-refractivity contribution in [2.75, 3.05) is 16.4 Å². The van der Waals surface area contributed by atoms with Crippen molar-refractivity contribution < 1.29 is 9.32 Å². The third kappa shape index (κ3) is 2.75. The summed E-state index contributed by atoms with van der Waals surface area (Å²) in [4.78, 5) is 11.6. The zero-order chi connectivity index (χ0) is 12.3. The van der Waals surface area contributed by atoms with Crippen molar-refractivity contribution in [3.63, 3.8) is 0 Å². The summed E-state index contributed by atoms with van der Waals surface area (Å²) in [5.41, 5.74) is 7.80. The van der Waals surface area contributed by atoms with E-state index in [1.54, 1.807) is 18.2 Å². The summed E-state index contributed by atoms with van der Waals surface area (Å²) in [7, 11) is 0. The minimum absolute atomic E-state index is 0.272. The molecule has 0 aliphatic carbocycles. The number of anilines is 3. The maximum atomic E-state index is 11.6. The largest absolute Gasteiger partial charge is 0.397 e. The molecule has 2 rings (SSSR count). The van der Waals surface area contributed by atoms with Gasteiger partial charge in [-0.15, -0.1) is 0 Å². The Bertz CT molecular complexity index is 522. The van der Waals surface area contributed by atoms with Gasteiger partial charge in [-0.1, -0.05) is 11.2 Å². The molecule has 1 aromatic carbocycles. The first kappa shape index (κ1) is 11.0. The lowest BCUT2D eigenvalue weighted by Crippen LogP contribution is -2.19. The molecule has 0 saturated carbocycles. The van der Waals surface area contributed by atoms with Gasteiger partial charge >= 0.3 is 6.03 Å². The van der Waals surface area contributed by atoms with Crippen LogP contribution in [0.25, 0.3) is 0 Å². The van der Waals surface area contributed by atoms with Crippen LogP contribution in [0.2, 0.25) is 0 Å². The summed E-state index contributed by atoms with van der Waals surface area (Å²) in [6.07, 6.45) is 1.44. The molecular formula is C11H12N4O2. The molecule has 0 aliphatic heterocycles. The first-order valence-corrected chi connectivity index (χ1v) is 5.00. The summed E-state index contributed by atoms with van der Waals surface area (Å²) >= 11 is 0. The zero-order valence-corrected chi connectivity index (χ0v) is 9.23. The summed E-state index contributed by atoms with van der Waals surface area (Å²) < 4.78 is 4.74. The molecule has 0 fully saturated rings. The van der Waals surface area contributed by atoms with Gasteiger partial charge in [-0.25, -0.2) is 4.79 Å². The highest BCUT2D eigenvalue weighted by molar-refractivity contribution is 6.00. The average molecular weight is 232 g/mol. The second-order valence-electron chi connectivity index (χ2n) is 3.55. The molecule has 0 radical (unpaired) electrons. The number of urea groups is 1. The Morgan fingerprint density at radius 2 is 2.18 bits per heavy atom. The fraction of sp³-hybridized carbons (Fsp3) is 0.0909. The maximum absolute atomic E-state index is 11.6. The molecule has 0 unspecified atom stereocenters. The monoisotopic (exact) mass is 232 g/mol. The Kier molecular flexibility index (Phi) is 2.95. The van der Waals surface area contributed by atoms with E-state index in [0.29, 0.717) is 11.4 Å². The van der Waals surface area contributed by atoms with Gasteiger partial charge in [-0.2, -0.15) is 0 Å². The Morgan fingerprint density at radius 3 is 2.88 bits per heavy atom. The van der Waals surface area contributed by atoms with Gasteiger partial charge in [0.15, 0.2) is 0 Å². The molecule has 0 bridgehead atoms. The van der Waals surface area contributed by atoms with E-state index in [2.05, 4.69) is 15.8 Å². The average Bonchev–Trinajstić information content (AvgIpc) is 2.76. The van der Waals surface area contributed by atoms with Crippen molar-refractivity contribution in [2.45, 2.75) is 6.92 Å². The van der Waals surface area contributed by atoms with Crippen LogP contribution < -0.4 is 16.4 Å². The van der Waals surface area contributed by atoms with Crippen LogP contribution in [0.1, 0.15) is 5.56 Å². The highest BCUT2D eigenvalue weighted by Crippen LogP contribution is 2.19. The predicted octanol–water partition coefficient (Wildman–Crippen LogP) is 2.21. The SMILES string of the molecule is Cc1ccc(N)c(NC(=O)Nc2ccno2)c1. The van der Waals surface area contributed by atoms with Crippen LogP contribution in [0.4, 0.5) is 22.1 Å². The Morgan fingerprint density at radius 1 is 1.35 bits per heavy atom. The molecule has 2 amide bonds. The number of nitrogen functional groups attached to an aromatic ring is 1. The van der Waals surface area contributed by atoms with Gasteiger partial charge in [-0.3, -0.25) is 5.32 Å². The van der Waals surface area contributed by atoms with E-state index in [1.807, 2.05) is 13.0 Å². The normalized spacial score (nSPS) is 9.94.